The van der Waals surface area contributed by atoms with Gasteiger partial charge in [-0.1, -0.05) is 42.8 Å². The molecule has 3 heteroatoms. The van der Waals surface area contributed by atoms with Crippen LogP contribution in [0.25, 0.3) is 0 Å². The molecule has 0 fully saturated rings. The summed E-state index contributed by atoms with van der Waals surface area (Å²) in [5, 5.41) is 0.749. The Balaban J connectivity index is 1.87. The van der Waals surface area contributed by atoms with Crippen LogP contribution in [0.4, 0.5) is 0 Å². The van der Waals surface area contributed by atoms with E-state index in [1.54, 1.807) is 0 Å². The highest BCUT2D eigenvalue weighted by molar-refractivity contribution is 6.30. The molecule has 0 aliphatic rings. The zero-order chi connectivity index (χ0) is 15.9. The molecule has 2 aromatic rings. The van der Waals surface area contributed by atoms with E-state index in [0.717, 1.165) is 29.3 Å². The minimum Gasteiger partial charge on any atom is -0.489 e. The predicted octanol–water partition coefficient (Wildman–Crippen LogP) is 4.80. The number of benzene rings is 2. The first kappa shape index (κ1) is 16.9. The van der Waals surface area contributed by atoms with Gasteiger partial charge in [0.2, 0.25) is 0 Å². The van der Waals surface area contributed by atoms with Crippen LogP contribution in [0, 0.1) is 0 Å². The van der Waals surface area contributed by atoms with Gasteiger partial charge in [0.1, 0.15) is 12.4 Å². The molecule has 1 atom stereocenters. The lowest BCUT2D eigenvalue weighted by Crippen LogP contribution is -2.30. The Hall–Kier alpha value is -1.51. The lowest BCUT2D eigenvalue weighted by atomic mass is 10.1. The van der Waals surface area contributed by atoms with E-state index in [9.17, 15) is 0 Å². The van der Waals surface area contributed by atoms with Gasteiger partial charge < -0.3 is 9.64 Å². The molecule has 2 nitrogen and oxygen atoms in total. The largest absolute Gasteiger partial charge is 0.489 e. The second kappa shape index (κ2) is 8.21. The summed E-state index contributed by atoms with van der Waals surface area (Å²) in [6, 6.07) is 16.7. The highest BCUT2D eigenvalue weighted by Crippen LogP contribution is 2.17. The minimum absolute atomic E-state index is 0.547. The molecule has 0 saturated heterocycles. The Morgan fingerprint density at radius 1 is 1.00 bits per heavy atom. The fourth-order valence-corrected chi connectivity index (χ4v) is 2.40. The molecule has 0 radical (unpaired) electrons. The Bertz CT molecular complexity index is 565. The van der Waals surface area contributed by atoms with Crippen LogP contribution in [-0.4, -0.2) is 24.5 Å². The minimum atomic E-state index is 0.547. The fourth-order valence-electron chi connectivity index (χ4n) is 2.28. The summed E-state index contributed by atoms with van der Waals surface area (Å²) in [5.41, 5.74) is 2.46. The molecular weight excluding hydrogens is 294 g/mol. The Morgan fingerprint density at radius 3 is 2.18 bits per heavy atom. The van der Waals surface area contributed by atoms with E-state index in [2.05, 4.69) is 37.9 Å². The van der Waals surface area contributed by atoms with Crippen LogP contribution >= 0.6 is 11.6 Å². The highest BCUT2D eigenvalue weighted by Gasteiger charge is 2.08. The van der Waals surface area contributed by atoms with Gasteiger partial charge in [0.15, 0.2) is 0 Å². The average molecular weight is 318 g/mol. The number of halogens is 1. The molecule has 0 aliphatic carbocycles. The van der Waals surface area contributed by atoms with Crippen LogP contribution < -0.4 is 4.74 Å². The van der Waals surface area contributed by atoms with Crippen molar-refractivity contribution in [2.75, 3.05) is 13.6 Å². The van der Waals surface area contributed by atoms with Crippen LogP contribution in [0.5, 0.6) is 5.75 Å². The smallest absolute Gasteiger partial charge is 0.119 e. The maximum absolute atomic E-state index is 5.88. The fraction of sp³-hybridized carbons (Fsp3) is 0.368. The monoisotopic (exact) mass is 317 g/mol. The average Bonchev–Trinajstić information content (AvgIpc) is 2.55. The maximum Gasteiger partial charge on any atom is 0.119 e. The van der Waals surface area contributed by atoms with Crippen molar-refractivity contribution in [3.05, 3.63) is 64.7 Å². The van der Waals surface area contributed by atoms with Crippen LogP contribution in [-0.2, 0) is 13.0 Å². The first-order chi connectivity index (χ1) is 10.6. The first-order valence-corrected chi connectivity index (χ1v) is 8.12. The van der Waals surface area contributed by atoms with Gasteiger partial charge in [0.05, 0.1) is 0 Å². The molecule has 0 saturated carbocycles. The molecule has 0 spiro atoms. The summed E-state index contributed by atoms with van der Waals surface area (Å²) in [5.74, 6) is 0.898. The number of nitrogens with zero attached hydrogens (tertiary/aromatic N) is 1. The molecule has 0 heterocycles. The number of hydrogen-bond donors (Lipinski definition) is 0. The third-order valence-electron chi connectivity index (χ3n) is 4.02. The summed E-state index contributed by atoms with van der Waals surface area (Å²) in [4.78, 5) is 2.35. The molecule has 0 aliphatic heterocycles. The standard InChI is InChI=1S/C19H24ClNO/c1-4-21(3)15(2)13-16-7-11-19(12-8-16)22-14-17-5-9-18(20)10-6-17/h5-12,15H,4,13-14H2,1-3H3/t15-/m1/s1. The lowest BCUT2D eigenvalue weighted by molar-refractivity contribution is 0.269. The Morgan fingerprint density at radius 2 is 1.59 bits per heavy atom. The molecule has 0 N–H and O–H groups in total. The van der Waals surface area contributed by atoms with Crippen LogP contribution in [0.3, 0.4) is 0 Å². The van der Waals surface area contributed by atoms with Crippen LogP contribution in [0.2, 0.25) is 5.02 Å². The van der Waals surface area contributed by atoms with Gasteiger partial charge in [-0.05, 0) is 62.3 Å². The SMILES string of the molecule is CCN(C)[C@H](C)Cc1ccc(OCc2ccc(Cl)cc2)cc1. The van der Waals surface area contributed by atoms with Crippen LogP contribution in [0.1, 0.15) is 25.0 Å². The zero-order valence-electron chi connectivity index (χ0n) is 13.6. The third kappa shape index (κ3) is 5.04. The first-order valence-electron chi connectivity index (χ1n) is 7.75. The summed E-state index contributed by atoms with van der Waals surface area (Å²) in [7, 11) is 2.16. The van der Waals surface area contributed by atoms with Crippen molar-refractivity contribution in [2.24, 2.45) is 0 Å². The lowest BCUT2D eigenvalue weighted by Gasteiger charge is -2.23. The van der Waals surface area contributed by atoms with Gasteiger partial charge >= 0.3 is 0 Å². The van der Waals surface area contributed by atoms with Crippen molar-refractivity contribution >= 4 is 11.6 Å². The number of likely N-dealkylation sites (N-methyl/N-ethyl adjacent to an activating group) is 1. The van der Waals surface area contributed by atoms with Crippen molar-refractivity contribution in [3.63, 3.8) is 0 Å². The van der Waals surface area contributed by atoms with Crippen LogP contribution in [0.15, 0.2) is 48.5 Å². The van der Waals surface area contributed by atoms with Gasteiger partial charge in [0, 0.05) is 11.1 Å². The van der Waals surface area contributed by atoms with E-state index < -0.39 is 0 Å². The van der Waals surface area contributed by atoms with E-state index in [4.69, 9.17) is 16.3 Å². The quantitative estimate of drug-likeness (QED) is 0.727. The second-order valence-corrected chi connectivity index (χ2v) is 6.12. The van der Waals surface area contributed by atoms with Crippen molar-refractivity contribution in [3.8, 4) is 5.75 Å². The van der Waals surface area contributed by atoms with Gasteiger partial charge in [-0.15, -0.1) is 0 Å². The Labute approximate surface area is 138 Å². The van der Waals surface area contributed by atoms with Gasteiger partial charge in [-0.25, -0.2) is 0 Å². The summed E-state index contributed by atoms with van der Waals surface area (Å²) >= 11 is 5.88. The third-order valence-corrected chi connectivity index (χ3v) is 4.28. The van der Waals surface area contributed by atoms with Crippen molar-refractivity contribution in [1.29, 1.82) is 0 Å². The van der Waals surface area contributed by atoms with E-state index >= 15 is 0 Å². The normalized spacial score (nSPS) is 12.4. The van der Waals surface area contributed by atoms with E-state index in [0.29, 0.717) is 12.6 Å². The van der Waals surface area contributed by atoms with Gasteiger partial charge in [-0.2, -0.15) is 0 Å². The highest BCUT2D eigenvalue weighted by atomic mass is 35.5. The van der Waals surface area contributed by atoms with Gasteiger partial charge in [-0.3, -0.25) is 0 Å². The number of rotatable bonds is 7. The predicted molar refractivity (Wildman–Crippen MR) is 93.7 cm³/mol. The van der Waals surface area contributed by atoms with E-state index in [1.807, 2.05) is 36.4 Å². The van der Waals surface area contributed by atoms with Crippen molar-refractivity contribution < 1.29 is 4.74 Å². The molecule has 0 unspecified atom stereocenters. The molecule has 2 aromatic carbocycles. The summed E-state index contributed by atoms with van der Waals surface area (Å²) < 4.78 is 5.81. The second-order valence-electron chi connectivity index (χ2n) is 5.69. The molecule has 118 valence electrons. The topological polar surface area (TPSA) is 12.5 Å². The number of hydrogen-bond acceptors (Lipinski definition) is 2. The molecule has 0 aromatic heterocycles. The molecule has 2 rings (SSSR count). The van der Waals surface area contributed by atoms with E-state index in [1.165, 1.54) is 5.56 Å². The van der Waals surface area contributed by atoms with Gasteiger partial charge in [0.25, 0.3) is 0 Å². The summed E-state index contributed by atoms with van der Waals surface area (Å²) in [6.45, 7) is 6.08. The van der Waals surface area contributed by atoms with E-state index in [-0.39, 0.29) is 0 Å². The van der Waals surface area contributed by atoms with Crippen molar-refractivity contribution in [2.45, 2.75) is 32.9 Å². The molecule has 0 bridgehead atoms. The number of ether oxygens (including phenoxy) is 1. The maximum atomic E-state index is 5.88. The summed E-state index contributed by atoms with van der Waals surface area (Å²) in [6.07, 6.45) is 1.06. The zero-order valence-corrected chi connectivity index (χ0v) is 14.3. The molecular formula is C19H24ClNO. The molecule has 22 heavy (non-hydrogen) atoms. The van der Waals surface area contributed by atoms with Crippen molar-refractivity contribution in [1.82, 2.24) is 4.90 Å². The Kier molecular flexibility index (Phi) is 6.29. The molecule has 0 amide bonds.